The number of carbonyl (C=O) groups excluding carboxylic acids is 1. The number of esters is 1. The Morgan fingerprint density at radius 2 is 1.47 bits per heavy atom. The number of carbonyl (C=O) groups is 2. The number of carboxylic acids is 1. The number of carboxylic acid groups (broad SMARTS) is 1. The van der Waals surface area contributed by atoms with E-state index in [2.05, 4.69) is 27.7 Å². The van der Waals surface area contributed by atoms with Gasteiger partial charge in [0.05, 0.1) is 24.0 Å². The summed E-state index contributed by atoms with van der Waals surface area (Å²) >= 11 is 0. The summed E-state index contributed by atoms with van der Waals surface area (Å²) in [6, 6.07) is 0. The molecule has 1 aliphatic heterocycles. The van der Waals surface area contributed by atoms with E-state index in [9.17, 15) is 9.59 Å². The van der Waals surface area contributed by atoms with Crippen molar-refractivity contribution in [3.05, 3.63) is 0 Å². The molecule has 3 N–H and O–H groups in total. The van der Waals surface area contributed by atoms with Crippen LogP contribution in [0.2, 0.25) is 11.1 Å². The van der Waals surface area contributed by atoms with E-state index in [0.717, 1.165) is 6.42 Å². The largest absolute Gasteiger partial charge is 0.481 e. The molecule has 1 heterocycles. The van der Waals surface area contributed by atoms with E-state index >= 15 is 0 Å². The highest BCUT2D eigenvalue weighted by Crippen LogP contribution is 2.41. The first-order chi connectivity index (χ1) is 13.4. The lowest BCUT2D eigenvalue weighted by atomic mass is 9.98. The second kappa shape index (κ2) is 11.6. The van der Waals surface area contributed by atoms with Crippen molar-refractivity contribution in [3.8, 4) is 0 Å². The van der Waals surface area contributed by atoms with Gasteiger partial charge in [0.2, 0.25) is 0 Å². The predicted octanol–water partition coefficient (Wildman–Crippen LogP) is 4.62. The maximum absolute atomic E-state index is 12.2. The lowest BCUT2D eigenvalue weighted by molar-refractivity contribution is -0.158. The molecule has 178 valence electrons. The first-order valence-electron chi connectivity index (χ1n) is 11.0. The molecule has 0 radical (unpaired) electrons. The van der Waals surface area contributed by atoms with Crippen LogP contribution in [0, 0.1) is 5.41 Å². The van der Waals surface area contributed by atoms with Gasteiger partial charge in [0.1, 0.15) is 5.60 Å². The maximum Gasteiger partial charge on any atom is 0.343 e. The van der Waals surface area contributed by atoms with Crippen molar-refractivity contribution < 1.29 is 28.3 Å². The Bertz CT molecular complexity index is 543. The lowest BCUT2D eigenvalue weighted by Gasteiger charge is -2.47. The Morgan fingerprint density at radius 1 is 1.03 bits per heavy atom. The zero-order valence-electron chi connectivity index (χ0n) is 20.7. The fourth-order valence-electron chi connectivity index (χ4n) is 3.21. The third-order valence-electron chi connectivity index (χ3n) is 4.78. The van der Waals surface area contributed by atoms with E-state index in [-0.39, 0.29) is 24.6 Å². The molecular formula is C22H45NO6Si. The van der Waals surface area contributed by atoms with Crippen molar-refractivity contribution in [1.82, 2.24) is 0 Å². The summed E-state index contributed by atoms with van der Waals surface area (Å²) in [7, 11) is -2.39. The topological polar surface area (TPSA) is 108 Å². The maximum atomic E-state index is 12.2. The van der Waals surface area contributed by atoms with E-state index in [1.54, 1.807) is 20.8 Å². The molecule has 1 fully saturated rings. The molecule has 0 aromatic heterocycles. The van der Waals surface area contributed by atoms with Crippen LogP contribution < -0.4 is 5.73 Å². The van der Waals surface area contributed by atoms with Crippen LogP contribution in [0.3, 0.4) is 0 Å². The molecule has 1 saturated heterocycles. The zero-order valence-corrected chi connectivity index (χ0v) is 21.7. The van der Waals surface area contributed by atoms with Gasteiger partial charge in [0.25, 0.3) is 0 Å². The van der Waals surface area contributed by atoms with Gasteiger partial charge in [-0.15, -0.1) is 0 Å². The Balaban J connectivity index is 0.00000103. The highest BCUT2D eigenvalue weighted by atomic mass is 28.4. The van der Waals surface area contributed by atoms with Crippen molar-refractivity contribution in [2.24, 2.45) is 11.1 Å². The van der Waals surface area contributed by atoms with Gasteiger partial charge >= 0.3 is 20.5 Å². The normalized spacial score (nSPS) is 21.8. The van der Waals surface area contributed by atoms with Crippen LogP contribution in [0.15, 0.2) is 0 Å². The van der Waals surface area contributed by atoms with E-state index in [0.29, 0.717) is 24.0 Å². The molecule has 0 aliphatic carbocycles. The average molecular weight is 448 g/mol. The molecule has 7 nitrogen and oxygen atoms in total. The third-order valence-corrected chi connectivity index (χ3v) is 9.40. The fourth-order valence-corrected chi connectivity index (χ4v) is 7.12. The predicted molar refractivity (Wildman–Crippen MR) is 122 cm³/mol. The SMILES string of the molecule is CC(C)(C)C(=O)O.CC(C)[Si]1(C(C)C)OC(CCN)CC(CC(=O)OC(C)(C)C)O1. The lowest BCUT2D eigenvalue weighted by Crippen LogP contribution is -2.57. The van der Waals surface area contributed by atoms with Crippen LogP contribution in [0.4, 0.5) is 0 Å². The van der Waals surface area contributed by atoms with Crippen LogP contribution in [0.1, 0.15) is 88.5 Å². The summed E-state index contributed by atoms with van der Waals surface area (Å²) in [5.74, 6) is -0.959. The monoisotopic (exact) mass is 447 g/mol. The van der Waals surface area contributed by atoms with Gasteiger partial charge in [0, 0.05) is 0 Å². The van der Waals surface area contributed by atoms with Crippen molar-refractivity contribution in [2.75, 3.05) is 6.54 Å². The van der Waals surface area contributed by atoms with Crippen molar-refractivity contribution in [2.45, 2.75) is 117 Å². The first kappa shape index (κ1) is 29.0. The first-order valence-corrected chi connectivity index (χ1v) is 12.9. The molecule has 0 aromatic carbocycles. The van der Waals surface area contributed by atoms with Gasteiger partial charge in [-0.3, -0.25) is 9.59 Å². The van der Waals surface area contributed by atoms with Crippen LogP contribution in [0.5, 0.6) is 0 Å². The van der Waals surface area contributed by atoms with Crippen LogP contribution >= 0.6 is 0 Å². The van der Waals surface area contributed by atoms with E-state index < -0.39 is 25.5 Å². The Hall–Kier alpha value is -0.963. The summed E-state index contributed by atoms with van der Waals surface area (Å²) in [5.41, 5.74) is 5.33. The Morgan fingerprint density at radius 3 is 1.80 bits per heavy atom. The number of nitrogens with two attached hydrogens (primary N) is 1. The van der Waals surface area contributed by atoms with Crippen molar-refractivity contribution in [1.29, 1.82) is 0 Å². The minimum atomic E-state index is -2.39. The number of rotatable bonds is 6. The van der Waals surface area contributed by atoms with Crippen molar-refractivity contribution in [3.63, 3.8) is 0 Å². The molecule has 1 aliphatic rings. The summed E-state index contributed by atoms with van der Waals surface area (Å²) in [6.45, 7) is 19.8. The van der Waals surface area contributed by atoms with Gasteiger partial charge in [-0.25, -0.2) is 0 Å². The molecule has 0 amide bonds. The molecule has 0 aromatic rings. The highest BCUT2D eigenvalue weighted by molar-refractivity contribution is 6.70. The summed E-state index contributed by atoms with van der Waals surface area (Å²) in [4.78, 5) is 22.2. The van der Waals surface area contributed by atoms with E-state index in [1.807, 2.05) is 20.8 Å². The Labute approximate surface area is 184 Å². The summed E-state index contributed by atoms with van der Waals surface area (Å²) < 4.78 is 18.3. The molecular weight excluding hydrogens is 402 g/mol. The van der Waals surface area contributed by atoms with Gasteiger partial charge in [0.15, 0.2) is 0 Å². The van der Waals surface area contributed by atoms with Gasteiger partial charge in [-0.05, 0) is 72.0 Å². The van der Waals surface area contributed by atoms with E-state index in [1.165, 1.54) is 0 Å². The molecule has 30 heavy (non-hydrogen) atoms. The minimum Gasteiger partial charge on any atom is -0.481 e. The quantitative estimate of drug-likeness (QED) is 0.452. The molecule has 0 bridgehead atoms. The summed E-state index contributed by atoms with van der Waals surface area (Å²) in [5, 5.41) is 8.25. The Kier molecular flexibility index (Phi) is 11.2. The minimum absolute atomic E-state index is 0.0812. The van der Waals surface area contributed by atoms with Crippen LogP contribution in [0.25, 0.3) is 0 Å². The van der Waals surface area contributed by atoms with Gasteiger partial charge < -0.3 is 24.4 Å². The van der Waals surface area contributed by atoms with Crippen LogP contribution in [-0.2, 0) is 23.2 Å². The van der Waals surface area contributed by atoms with Gasteiger partial charge in [-0.1, -0.05) is 27.7 Å². The van der Waals surface area contributed by atoms with Gasteiger partial charge in [-0.2, -0.15) is 0 Å². The zero-order chi connectivity index (χ0) is 23.9. The smallest absolute Gasteiger partial charge is 0.343 e. The fraction of sp³-hybridized carbons (Fsp3) is 0.909. The molecule has 1 rings (SSSR count). The molecule has 0 spiro atoms. The highest BCUT2D eigenvalue weighted by Gasteiger charge is 2.51. The van der Waals surface area contributed by atoms with Crippen LogP contribution in [-0.4, -0.2) is 50.0 Å². The third kappa shape index (κ3) is 9.90. The molecule has 0 saturated carbocycles. The average Bonchev–Trinajstić information content (AvgIpc) is 2.52. The van der Waals surface area contributed by atoms with E-state index in [4.69, 9.17) is 24.4 Å². The number of ether oxygens (including phenoxy) is 1. The summed E-state index contributed by atoms with van der Waals surface area (Å²) in [6.07, 6.45) is 1.76. The second-order valence-electron chi connectivity index (χ2n) is 10.7. The standard InChI is InChI=1S/C17H35NO4Si.C5H10O2/c1-12(2)23(13(3)4)21-14(8-9-18)10-15(22-23)11-16(19)20-17(5,6)7;1-5(2,3)4(6)7/h12-15H,8-11,18H2,1-7H3;1-3H3,(H,6,7). The number of hydrogen-bond donors (Lipinski definition) is 2. The number of aliphatic carboxylic acids is 1. The molecule has 2 atom stereocenters. The molecule has 8 heteroatoms. The van der Waals surface area contributed by atoms with Crippen molar-refractivity contribution >= 4 is 20.5 Å². The number of hydrogen-bond acceptors (Lipinski definition) is 6. The molecule has 2 unspecified atom stereocenters. The second-order valence-corrected chi connectivity index (χ2v) is 14.9.